The van der Waals surface area contributed by atoms with Gasteiger partial charge in [-0.25, -0.2) is 17.9 Å². The second kappa shape index (κ2) is 11.0. The molecule has 1 saturated heterocycles. The van der Waals surface area contributed by atoms with Crippen molar-refractivity contribution in [1.29, 1.82) is 0 Å². The van der Waals surface area contributed by atoms with Crippen LogP contribution in [0.25, 0.3) is 11.3 Å². The van der Waals surface area contributed by atoms with Crippen molar-refractivity contribution in [3.63, 3.8) is 0 Å². The highest BCUT2D eigenvalue weighted by Crippen LogP contribution is 2.39. The summed E-state index contributed by atoms with van der Waals surface area (Å²) in [6.07, 6.45) is -3.03. The Balaban J connectivity index is 1.94. The lowest BCUT2D eigenvalue weighted by atomic mass is 9.97. The number of aliphatic hydroxyl groups excluding tert-OH is 3. The summed E-state index contributed by atoms with van der Waals surface area (Å²) in [6, 6.07) is 0.191. The fraction of sp³-hybridized carbons (Fsp3) is 0.591. The Morgan fingerprint density at radius 3 is 2.39 bits per heavy atom. The van der Waals surface area contributed by atoms with Crippen LogP contribution in [0.3, 0.4) is 0 Å². The lowest BCUT2D eigenvalue weighted by Crippen LogP contribution is -2.57. The third-order valence-electron chi connectivity index (χ3n) is 5.93. The van der Waals surface area contributed by atoms with E-state index in [1.807, 2.05) is 0 Å². The number of hydrogen-bond acceptors (Lipinski definition) is 9. The normalized spacial score (nSPS) is 25.6. The second-order valence-electron chi connectivity index (χ2n) is 9.06. The van der Waals surface area contributed by atoms with Gasteiger partial charge in [0.1, 0.15) is 40.7 Å². The third-order valence-corrected chi connectivity index (χ3v) is 7.64. The van der Waals surface area contributed by atoms with Crippen molar-refractivity contribution < 1.29 is 43.1 Å². The number of carbonyl (C=O) groups is 1. The zero-order chi connectivity index (χ0) is 26.9. The highest BCUT2D eigenvalue weighted by atomic mass is 32.2. The van der Waals surface area contributed by atoms with Gasteiger partial charge in [-0.1, -0.05) is 5.21 Å². The van der Waals surface area contributed by atoms with Crippen LogP contribution in [0.5, 0.6) is 0 Å². The number of hydrogen-bond donors (Lipinski definition) is 4. The molecule has 0 bridgehead atoms. The maximum absolute atomic E-state index is 13.7. The largest absolute Gasteiger partial charge is 0.394 e. The van der Waals surface area contributed by atoms with E-state index in [1.165, 1.54) is 24.9 Å². The number of nitrogens with zero attached hydrogens (tertiary/aromatic N) is 4. The van der Waals surface area contributed by atoms with Gasteiger partial charge in [0.05, 0.1) is 18.4 Å². The van der Waals surface area contributed by atoms with Crippen LogP contribution >= 0.6 is 11.8 Å². The average molecular weight is 535 g/mol. The van der Waals surface area contributed by atoms with Gasteiger partial charge < -0.3 is 30.1 Å². The molecule has 1 aliphatic heterocycles. The molecule has 6 atom stereocenters. The van der Waals surface area contributed by atoms with Crippen LogP contribution in [0, 0.1) is 17.5 Å². The molecule has 4 N–H and O–H groups in total. The summed E-state index contributed by atoms with van der Waals surface area (Å²) >= 11 is 0.823. The summed E-state index contributed by atoms with van der Waals surface area (Å²) in [6.45, 7) is 4.34. The lowest BCUT2D eigenvalue weighted by Gasteiger charge is -2.43. The molecule has 0 aliphatic carbocycles. The van der Waals surface area contributed by atoms with Gasteiger partial charge in [0, 0.05) is 19.2 Å². The number of amides is 1. The topological polar surface area (TPSA) is 141 Å². The van der Waals surface area contributed by atoms with E-state index in [4.69, 9.17) is 4.74 Å². The van der Waals surface area contributed by atoms with E-state index in [9.17, 15) is 38.4 Å². The van der Waals surface area contributed by atoms with Gasteiger partial charge in [-0.15, -0.1) is 16.9 Å². The molecule has 1 aromatic carbocycles. The molecular weight excluding hydrogens is 505 g/mol. The predicted molar refractivity (Wildman–Crippen MR) is 123 cm³/mol. The van der Waals surface area contributed by atoms with Crippen LogP contribution in [0.15, 0.2) is 18.3 Å². The number of benzene rings is 1. The van der Waals surface area contributed by atoms with Crippen LogP contribution in [-0.2, 0) is 9.53 Å². The molecule has 3 rings (SSSR count). The van der Waals surface area contributed by atoms with Crippen LogP contribution in [0.1, 0.15) is 26.8 Å². The summed E-state index contributed by atoms with van der Waals surface area (Å²) in [4.78, 5) is 14.3. The van der Waals surface area contributed by atoms with Crippen molar-refractivity contribution in [1.82, 2.24) is 19.9 Å². The van der Waals surface area contributed by atoms with Gasteiger partial charge in [0.25, 0.3) is 0 Å². The van der Waals surface area contributed by atoms with E-state index in [0.29, 0.717) is 6.54 Å². The van der Waals surface area contributed by atoms with Crippen molar-refractivity contribution >= 4 is 17.7 Å². The minimum absolute atomic E-state index is 0.0717. The van der Waals surface area contributed by atoms with E-state index in [0.717, 1.165) is 28.6 Å². The zero-order valence-electron chi connectivity index (χ0n) is 20.0. The van der Waals surface area contributed by atoms with Crippen molar-refractivity contribution in [3.05, 3.63) is 35.8 Å². The smallest absolute Gasteiger partial charge is 0.238 e. The van der Waals surface area contributed by atoms with Gasteiger partial charge in [-0.2, -0.15) is 0 Å². The van der Waals surface area contributed by atoms with E-state index in [1.54, 1.807) is 14.0 Å². The molecule has 36 heavy (non-hydrogen) atoms. The van der Waals surface area contributed by atoms with E-state index in [2.05, 4.69) is 10.3 Å². The number of aliphatic hydroxyl groups is 4. The van der Waals surface area contributed by atoms with E-state index >= 15 is 0 Å². The van der Waals surface area contributed by atoms with Gasteiger partial charge in [0.2, 0.25) is 5.91 Å². The highest BCUT2D eigenvalue weighted by molar-refractivity contribution is 8.01. The van der Waals surface area contributed by atoms with E-state index < -0.39 is 70.6 Å². The first-order valence-corrected chi connectivity index (χ1v) is 12.1. The molecule has 2 heterocycles. The highest BCUT2D eigenvalue weighted by Gasteiger charge is 2.49. The van der Waals surface area contributed by atoms with Gasteiger partial charge in [0.15, 0.2) is 17.5 Å². The maximum Gasteiger partial charge on any atom is 0.238 e. The third kappa shape index (κ3) is 5.68. The van der Waals surface area contributed by atoms with Crippen LogP contribution in [0.2, 0.25) is 0 Å². The fourth-order valence-corrected chi connectivity index (χ4v) is 5.19. The monoisotopic (exact) mass is 534 g/mol. The Kier molecular flexibility index (Phi) is 8.68. The van der Waals surface area contributed by atoms with E-state index in [-0.39, 0.29) is 11.3 Å². The Bertz CT molecular complexity index is 1060. The molecule has 1 aliphatic rings. The fourth-order valence-electron chi connectivity index (χ4n) is 3.77. The Morgan fingerprint density at radius 2 is 1.86 bits per heavy atom. The van der Waals surface area contributed by atoms with Crippen molar-refractivity contribution in [2.45, 2.75) is 61.4 Å². The average Bonchev–Trinajstić information content (AvgIpc) is 3.30. The van der Waals surface area contributed by atoms with Gasteiger partial charge in [-0.05, 0) is 32.9 Å². The summed E-state index contributed by atoms with van der Waals surface area (Å²) in [5.41, 5.74) is -2.92. The summed E-state index contributed by atoms with van der Waals surface area (Å²) in [7, 11) is 1.56. The van der Waals surface area contributed by atoms with Gasteiger partial charge in [-0.3, -0.25) is 4.79 Å². The molecule has 0 unspecified atom stereocenters. The predicted octanol–water partition coefficient (Wildman–Crippen LogP) is 0.693. The van der Waals surface area contributed by atoms with Crippen molar-refractivity contribution in [2.75, 3.05) is 20.2 Å². The maximum atomic E-state index is 13.7. The molecule has 0 saturated carbocycles. The summed E-state index contributed by atoms with van der Waals surface area (Å²) in [5, 5.41) is 48.9. The second-order valence-corrected chi connectivity index (χ2v) is 10.3. The molecule has 14 heteroatoms. The molecule has 2 aromatic rings. The molecule has 10 nitrogen and oxygen atoms in total. The summed E-state index contributed by atoms with van der Waals surface area (Å²) < 4.78 is 47.4. The number of halogens is 3. The Hall–Kier alpha value is -2.23. The number of rotatable bonds is 8. The minimum Gasteiger partial charge on any atom is -0.394 e. The molecule has 1 fully saturated rings. The van der Waals surface area contributed by atoms with Crippen molar-refractivity contribution in [3.8, 4) is 11.3 Å². The van der Waals surface area contributed by atoms with Gasteiger partial charge >= 0.3 is 0 Å². The SMILES string of the molecule is CCN(C)C(=O)[C@@H](S[C@@H]1O[C@H](CO)[C@H](O)[C@H](n2cc(-c3cc(F)c(F)c(F)c3)nn2)[C@H]1O)C(C)(C)O. The van der Waals surface area contributed by atoms with Crippen LogP contribution in [0.4, 0.5) is 13.2 Å². The molecule has 1 aromatic heterocycles. The zero-order valence-corrected chi connectivity index (χ0v) is 20.9. The molecule has 1 amide bonds. The quantitative estimate of drug-likeness (QED) is 0.360. The van der Waals surface area contributed by atoms with Crippen molar-refractivity contribution in [2.24, 2.45) is 0 Å². The molecule has 0 radical (unpaired) electrons. The number of carbonyl (C=O) groups excluding carboxylic acids is 1. The Labute approximate surface area is 209 Å². The first-order valence-electron chi connectivity index (χ1n) is 11.1. The molecule has 200 valence electrons. The summed E-state index contributed by atoms with van der Waals surface area (Å²) in [5.74, 6) is -4.92. The number of ether oxygens (including phenoxy) is 1. The number of aromatic nitrogens is 3. The number of thioether (sulfide) groups is 1. The van der Waals surface area contributed by atoms with Crippen LogP contribution < -0.4 is 0 Å². The Morgan fingerprint density at radius 1 is 1.25 bits per heavy atom. The first-order chi connectivity index (χ1) is 16.8. The van der Waals surface area contributed by atoms with Crippen LogP contribution in [-0.4, -0.2) is 101 Å². The minimum atomic E-state index is -1.64. The molecule has 0 spiro atoms. The first kappa shape index (κ1) is 28.3. The molecular formula is C22H29F3N4O6S. The lowest BCUT2D eigenvalue weighted by molar-refractivity contribution is -0.179. The standard InChI is InChI=1S/C22H29F3N4O6S/c1-5-28(4)20(33)19(22(2,3)34)36-21-18(32)16(17(31)14(9-30)35-21)29-8-13(26-27-29)10-6-11(23)15(25)12(24)7-10/h6-8,14,16-19,21,30-32,34H,5,9H2,1-4H3/t14-,16+,17+,18-,19-,21+/m1/s1.